The van der Waals surface area contributed by atoms with Gasteiger partial charge in [-0.15, -0.1) is 34.2 Å². The van der Waals surface area contributed by atoms with Crippen molar-refractivity contribution < 1.29 is 4.74 Å². The van der Waals surface area contributed by atoms with Crippen LogP contribution in [0.3, 0.4) is 0 Å². The van der Waals surface area contributed by atoms with Gasteiger partial charge < -0.3 is 15.4 Å². The van der Waals surface area contributed by atoms with Gasteiger partial charge in [0.05, 0.1) is 19.7 Å². The number of pyridine rings is 1. The molecule has 184 valence electrons. The van der Waals surface area contributed by atoms with Gasteiger partial charge in [0.2, 0.25) is 0 Å². The topological polar surface area (TPSA) is 79.1 Å². The fraction of sp³-hybridized carbons (Fsp3) is 0.480. The summed E-state index contributed by atoms with van der Waals surface area (Å²) in [5.74, 6) is 2.77. The van der Waals surface area contributed by atoms with Gasteiger partial charge in [0.1, 0.15) is 11.6 Å². The first kappa shape index (κ1) is 26.2. The Morgan fingerprint density at radius 3 is 2.68 bits per heavy atom. The maximum absolute atomic E-state index is 5.67. The predicted molar refractivity (Wildman–Crippen MR) is 147 cm³/mol. The second-order valence-corrected chi connectivity index (χ2v) is 8.30. The predicted octanol–water partition coefficient (Wildman–Crippen LogP) is 3.68. The molecule has 2 aromatic heterocycles. The van der Waals surface area contributed by atoms with E-state index < -0.39 is 0 Å². The summed E-state index contributed by atoms with van der Waals surface area (Å²) in [6.45, 7) is 6.63. The van der Waals surface area contributed by atoms with E-state index >= 15 is 0 Å². The van der Waals surface area contributed by atoms with Crippen LogP contribution in [-0.2, 0) is 6.42 Å². The Hall–Kier alpha value is -2.40. The number of halogens is 1. The lowest BCUT2D eigenvalue weighted by atomic mass is 10.0. The number of benzene rings is 1. The molecule has 3 heterocycles. The zero-order chi connectivity index (χ0) is 22.9. The first-order valence-electron chi connectivity index (χ1n) is 12.0. The van der Waals surface area contributed by atoms with E-state index in [-0.39, 0.29) is 30.0 Å². The van der Waals surface area contributed by atoms with E-state index in [4.69, 9.17) is 9.73 Å². The van der Waals surface area contributed by atoms with Gasteiger partial charge in [-0.2, -0.15) is 0 Å². The minimum atomic E-state index is 0. The third-order valence-electron chi connectivity index (χ3n) is 6.10. The highest BCUT2D eigenvalue weighted by molar-refractivity contribution is 14.0. The zero-order valence-corrected chi connectivity index (χ0v) is 22.4. The van der Waals surface area contributed by atoms with Gasteiger partial charge in [0.25, 0.3) is 0 Å². The number of para-hydroxylation sites is 1. The third kappa shape index (κ3) is 6.59. The molecule has 0 bridgehead atoms. The fourth-order valence-electron chi connectivity index (χ4n) is 4.44. The number of fused-ring (bicyclic) bond motifs is 1. The Bertz CT molecular complexity index is 1050. The number of nitrogens with one attached hydrogen (secondary N) is 2. The van der Waals surface area contributed by atoms with Crippen molar-refractivity contribution in [1.82, 2.24) is 30.1 Å². The van der Waals surface area contributed by atoms with Crippen LogP contribution in [0, 0.1) is 0 Å². The van der Waals surface area contributed by atoms with E-state index in [9.17, 15) is 0 Å². The summed E-state index contributed by atoms with van der Waals surface area (Å²) in [6, 6.07) is 14.5. The molecule has 1 aliphatic heterocycles. The summed E-state index contributed by atoms with van der Waals surface area (Å²) in [5.41, 5.74) is 2.10. The molecular formula is C25H36IN7O. The lowest BCUT2D eigenvalue weighted by Gasteiger charge is -2.28. The highest BCUT2D eigenvalue weighted by Crippen LogP contribution is 2.31. The average Bonchev–Trinajstić information content (AvgIpc) is 3.53. The number of hydrogen-bond acceptors (Lipinski definition) is 5. The van der Waals surface area contributed by atoms with Crippen LogP contribution in [-0.4, -0.2) is 65.3 Å². The van der Waals surface area contributed by atoms with Crippen molar-refractivity contribution >= 4 is 35.6 Å². The van der Waals surface area contributed by atoms with Crippen LogP contribution in [0.5, 0.6) is 5.75 Å². The van der Waals surface area contributed by atoms with E-state index in [1.165, 1.54) is 18.4 Å². The van der Waals surface area contributed by atoms with Crippen molar-refractivity contribution in [3.8, 4) is 5.75 Å². The van der Waals surface area contributed by atoms with E-state index in [1.807, 2.05) is 40.9 Å². The van der Waals surface area contributed by atoms with Gasteiger partial charge in [-0.25, -0.2) is 0 Å². The maximum Gasteiger partial charge on any atom is 0.191 e. The summed E-state index contributed by atoms with van der Waals surface area (Å²) in [5, 5.41) is 15.4. The van der Waals surface area contributed by atoms with Crippen LogP contribution >= 0.6 is 24.0 Å². The summed E-state index contributed by atoms with van der Waals surface area (Å²) < 4.78 is 7.71. The standard InChI is InChI=1S/C25H35N7O.HI/c1-3-26-25(27-15-10-14-24-30-29-23-13-6-7-18-32(23)24)28-19-21(31-16-8-9-17-31)20-11-4-5-12-22(20)33-2;/h4-7,11-13,18,21H,3,8-10,14-17,19H2,1-2H3,(H2,26,27,28);1H. The summed E-state index contributed by atoms with van der Waals surface area (Å²) >= 11 is 0. The highest BCUT2D eigenvalue weighted by Gasteiger charge is 2.25. The Labute approximate surface area is 219 Å². The van der Waals surface area contributed by atoms with Crippen molar-refractivity contribution in [2.45, 2.75) is 38.6 Å². The minimum absolute atomic E-state index is 0. The monoisotopic (exact) mass is 577 g/mol. The molecule has 0 radical (unpaired) electrons. The molecule has 0 aliphatic carbocycles. The Morgan fingerprint density at radius 2 is 1.88 bits per heavy atom. The minimum Gasteiger partial charge on any atom is -0.496 e. The SMILES string of the molecule is CCNC(=NCC(c1ccccc1OC)N1CCCC1)NCCCc1nnc2ccccn12.I. The molecule has 34 heavy (non-hydrogen) atoms. The molecule has 0 amide bonds. The number of nitrogens with zero attached hydrogens (tertiary/aromatic N) is 5. The number of guanidine groups is 1. The van der Waals surface area contributed by atoms with E-state index in [2.05, 4.69) is 44.8 Å². The molecule has 1 fully saturated rings. The second kappa shape index (κ2) is 13.5. The maximum atomic E-state index is 5.67. The smallest absolute Gasteiger partial charge is 0.191 e. The zero-order valence-electron chi connectivity index (χ0n) is 20.1. The number of likely N-dealkylation sites (tertiary alicyclic amines) is 1. The van der Waals surface area contributed by atoms with Crippen molar-refractivity contribution in [1.29, 1.82) is 0 Å². The lowest BCUT2D eigenvalue weighted by molar-refractivity contribution is 0.245. The molecule has 8 nitrogen and oxygen atoms in total. The molecule has 0 saturated carbocycles. The number of aliphatic imine (C=N–C) groups is 1. The lowest BCUT2D eigenvalue weighted by Crippen LogP contribution is -2.39. The Balaban J connectivity index is 0.00000324. The van der Waals surface area contributed by atoms with Crippen LogP contribution in [0.25, 0.3) is 5.65 Å². The Morgan fingerprint density at radius 1 is 1.09 bits per heavy atom. The first-order valence-corrected chi connectivity index (χ1v) is 12.0. The van der Waals surface area contributed by atoms with Crippen molar-refractivity contribution in [3.63, 3.8) is 0 Å². The second-order valence-electron chi connectivity index (χ2n) is 8.30. The average molecular weight is 578 g/mol. The molecule has 1 atom stereocenters. The molecule has 9 heteroatoms. The molecule has 3 aromatic rings. The van der Waals surface area contributed by atoms with E-state index in [1.54, 1.807) is 7.11 Å². The van der Waals surface area contributed by atoms with Crippen LogP contribution in [0.2, 0.25) is 0 Å². The van der Waals surface area contributed by atoms with Crippen LogP contribution < -0.4 is 15.4 Å². The third-order valence-corrected chi connectivity index (χ3v) is 6.10. The van der Waals surface area contributed by atoms with Gasteiger partial charge in [0, 0.05) is 31.3 Å². The van der Waals surface area contributed by atoms with E-state index in [0.29, 0.717) is 6.54 Å². The van der Waals surface area contributed by atoms with Crippen molar-refractivity contribution in [3.05, 3.63) is 60.0 Å². The molecule has 1 saturated heterocycles. The number of aromatic nitrogens is 3. The van der Waals surface area contributed by atoms with Crippen molar-refractivity contribution in [2.24, 2.45) is 4.99 Å². The van der Waals surface area contributed by atoms with Crippen molar-refractivity contribution in [2.75, 3.05) is 39.8 Å². The van der Waals surface area contributed by atoms with Gasteiger partial charge in [0.15, 0.2) is 11.6 Å². The molecule has 2 N–H and O–H groups in total. The Kier molecular flexibility index (Phi) is 10.4. The van der Waals surface area contributed by atoms with Gasteiger partial charge in [-0.05, 0) is 57.5 Å². The number of hydrogen-bond donors (Lipinski definition) is 2. The summed E-state index contributed by atoms with van der Waals surface area (Å²) in [4.78, 5) is 7.49. The molecule has 1 aromatic carbocycles. The molecule has 4 rings (SSSR count). The molecular weight excluding hydrogens is 541 g/mol. The van der Waals surface area contributed by atoms with E-state index in [0.717, 1.165) is 62.2 Å². The van der Waals surface area contributed by atoms with Crippen LogP contribution in [0.4, 0.5) is 0 Å². The number of methoxy groups -OCH3 is 1. The first-order chi connectivity index (χ1) is 16.3. The van der Waals surface area contributed by atoms with Gasteiger partial charge >= 0.3 is 0 Å². The fourth-order valence-corrected chi connectivity index (χ4v) is 4.44. The highest BCUT2D eigenvalue weighted by atomic mass is 127. The number of aryl methyl sites for hydroxylation is 1. The summed E-state index contributed by atoms with van der Waals surface area (Å²) in [7, 11) is 1.74. The normalized spacial score (nSPS) is 15.2. The van der Waals surface area contributed by atoms with Gasteiger partial charge in [-0.1, -0.05) is 24.3 Å². The quantitative estimate of drug-likeness (QED) is 0.166. The van der Waals surface area contributed by atoms with Gasteiger partial charge in [-0.3, -0.25) is 14.3 Å². The number of ether oxygens (including phenoxy) is 1. The van der Waals surface area contributed by atoms with Crippen LogP contribution in [0.1, 0.15) is 43.6 Å². The summed E-state index contributed by atoms with van der Waals surface area (Å²) in [6.07, 6.45) is 6.30. The molecule has 1 unspecified atom stereocenters. The molecule has 0 spiro atoms. The number of rotatable bonds is 10. The largest absolute Gasteiger partial charge is 0.496 e. The van der Waals surface area contributed by atoms with Crippen LogP contribution in [0.15, 0.2) is 53.7 Å². The molecule has 1 aliphatic rings.